The molecule has 0 unspecified atom stereocenters. The molecule has 0 aliphatic heterocycles. The highest BCUT2D eigenvalue weighted by Crippen LogP contribution is 2.13. The lowest BCUT2D eigenvalue weighted by molar-refractivity contribution is -0.125. The molecule has 0 saturated heterocycles. The number of nitrogens with one attached hydrogen (secondary N) is 2. The SMILES string of the molecule is CCc1ccc(OCC(=O)NC[C@@H](C)NC(=O)COc2ccc(CC)cc2)cc1. The van der Waals surface area contributed by atoms with E-state index in [9.17, 15) is 9.59 Å². The summed E-state index contributed by atoms with van der Waals surface area (Å²) in [5.41, 5.74) is 2.43. The second-order valence-corrected chi connectivity index (χ2v) is 6.84. The summed E-state index contributed by atoms with van der Waals surface area (Å²) >= 11 is 0. The molecular formula is C23H30N2O4. The third-order valence-corrected chi connectivity index (χ3v) is 4.42. The molecule has 0 aliphatic carbocycles. The van der Waals surface area contributed by atoms with E-state index < -0.39 is 0 Å². The molecule has 0 aromatic heterocycles. The maximum atomic E-state index is 12.0. The fraction of sp³-hybridized carbons (Fsp3) is 0.391. The van der Waals surface area contributed by atoms with Gasteiger partial charge in [0.1, 0.15) is 11.5 Å². The molecule has 0 fully saturated rings. The smallest absolute Gasteiger partial charge is 0.258 e. The topological polar surface area (TPSA) is 76.7 Å². The lowest BCUT2D eigenvalue weighted by atomic mass is 10.2. The van der Waals surface area contributed by atoms with Gasteiger partial charge in [0.05, 0.1) is 0 Å². The van der Waals surface area contributed by atoms with Gasteiger partial charge < -0.3 is 20.1 Å². The van der Waals surface area contributed by atoms with Gasteiger partial charge in [-0.15, -0.1) is 0 Å². The number of ether oxygens (including phenoxy) is 2. The first-order chi connectivity index (χ1) is 14.0. The number of hydrogen-bond donors (Lipinski definition) is 2. The Morgan fingerprint density at radius 3 is 1.69 bits per heavy atom. The number of rotatable bonds is 11. The van der Waals surface area contributed by atoms with Crippen molar-refractivity contribution < 1.29 is 19.1 Å². The molecule has 2 N–H and O–H groups in total. The van der Waals surface area contributed by atoms with Gasteiger partial charge in [0.15, 0.2) is 13.2 Å². The second-order valence-electron chi connectivity index (χ2n) is 6.84. The Balaban J connectivity index is 1.62. The highest BCUT2D eigenvalue weighted by Gasteiger charge is 2.10. The molecule has 2 amide bonds. The maximum absolute atomic E-state index is 12.0. The Morgan fingerprint density at radius 2 is 1.24 bits per heavy atom. The summed E-state index contributed by atoms with van der Waals surface area (Å²) in [7, 11) is 0. The van der Waals surface area contributed by atoms with Gasteiger partial charge in [-0.25, -0.2) is 0 Å². The average molecular weight is 399 g/mol. The van der Waals surface area contributed by atoms with E-state index >= 15 is 0 Å². The van der Waals surface area contributed by atoms with Crippen LogP contribution in [0.4, 0.5) is 0 Å². The molecule has 0 spiro atoms. The molecular weight excluding hydrogens is 368 g/mol. The van der Waals surface area contributed by atoms with Crippen LogP contribution in [0.25, 0.3) is 0 Å². The molecule has 0 radical (unpaired) electrons. The zero-order valence-corrected chi connectivity index (χ0v) is 17.4. The summed E-state index contributed by atoms with van der Waals surface area (Å²) < 4.78 is 10.9. The number of hydrogen-bond acceptors (Lipinski definition) is 4. The fourth-order valence-electron chi connectivity index (χ4n) is 2.63. The van der Waals surface area contributed by atoms with Crippen LogP contribution in [-0.4, -0.2) is 37.6 Å². The third kappa shape index (κ3) is 8.25. The molecule has 29 heavy (non-hydrogen) atoms. The van der Waals surface area contributed by atoms with E-state index in [4.69, 9.17) is 9.47 Å². The van der Waals surface area contributed by atoms with Crippen LogP contribution in [0, 0.1) is 0 Å². The van der Waals surface area contributed by atoms with Crippen molar-refractivity contribution in [2.75, 3.05) is 19.8 Å². The summed E-state index contributed by atoms with van der Waals surface area (Å²) in [6.07, 6.45) is 1.92. The van der Waals surface area contributed by atoms with Crippen molar-refractivity contribution in [3.05, 3.63) is 59.7 Å². The summed E-state index contributed by atoms with van der Waals surface area (Å²) in [5, 5.41) is 5.54. The van der Waals surface area contributed by atoms with Crippen LogP contribution >= 0.6 is 0 Å². The molecule has 0 heterocycles. The predicted octanol–water partition coefficient (Wildman–Crippen LogP) is 2.89. The van der Waals surface area contributed by atoms with E-state index in [1.807, 2.05) is 55.5 Å². The van der Waals surface area contributed by atoms with Crippen LogP contribution in [0.3, 0.4) is 0 Å². The Morgan fingerprint density at radius 1 is 0.793 bits per heavy atom. The van der Waals surface area contributed by atoms with Crippen molar-refractivity contribution in [2.45, 2.75) is 39.7 Å². The molecule has 1 atom stereocenters. The van der Waals surface area contributed by atoms with Crippen LogP contribution in [-0.2, 0) is 22.4 Å². The number of carbonyl (C=O) groups is 2. The lowest BCUT2D eigenvalue weighted by Crippen LogP contribution is -2.44. The predicted molar refractivity (Wildman–Crippen MR) is 113 cm³/mol. The van der Waals surface area contributed by atoms with Crippen molar-refractivity contribution in [1.82, 2.24) is 10.6 Å². The standard InChI is InChI=1S/C23H30N2O4/c1-4-18-6-10-20(11-7-18)28-15-22(26)24-14-17(3)25-23(27)16-29-21-12-8-19(5-2)9-13-21/h6-13,17H,4-5,14-16H2,1-3H3,(H,24,26)(H,25,27)/t17-/m1/s1. The first kappa shape index (κ1) is 22.3. The third-order valence-electron chi connectivity index (χ3n) is 4.42. The Labute approximate surface area is 172 Å². The average Bonchev–Trinajstić information content (AvgIpc) is 2.75. The van der Waals surface area contributed by atoms with E-state index in [0.29, 0.717) is 18.0 Å². The maximum Gasteiger partial charge on any atom is 0.258 e. The van der Waals surface area contributed by atoms with Crippen molar-refractivity contribution in [3.8, 4) is 11.5 Å². The van der Waals surface area contributed by atoms with E-state index in [2.05, 4.69) is 24.5 Å². The van der Waals surface area contributed by atoms with Gasteiger partial charge in [-0.2, -0.15) is 0 Å². The number of aryl methyl sites for hydroxylation is 2. The lowest BCUT2D eigenvalue weighted by Gasteiger charge is -2.15. The van der Waals surface area contributed by atoms with Crippen LogP contribution < -0.4 is 20.1 Å². The molecule has 2 rings (SSSR count). The number of amides is 2. The fourth-order valence-corrected chi connectivity index (χ4v) is 2.63. The first-order valence-corrected chi connectivity index (χ1v) is 9.99. The molecule has 2 aromatic rings. The normalized spacial score (nSPS) is 11.4. The summed E-state index contributed by atoms with van der Waals surface area (Å²) in [5.74, 6) is 0.835. The van der Waals surface area contributed by atoms with E-state index in [0.717, 1.165) is 12.8 Å². The van der Waals surface area contributed by atoms with E-state index in [1.54, 1.807) is 0 Å². The minimum absolute atomic E-state index is 0.0665. The summed E-state index contributed by atoms with van der Waals surface area (Å²) in [6, 6.07) is 15.1. The van der Waals surface area contributed by atoms with Crippen LogP contribution in [0.2, 0.25) is 0 Å². The van der Waals surface area contributed by atoms with Gasteiger partial charge in [0.2, 0.25) is 0 Å². The number of benzene rings is 2. The van der Waals surface area contributed by atoms with E-state index in [-0.39, 0.29) is 31.1 Å². The number of carbonyl (C=O) groups excluding carboxylic acids is 2. The van der Waals surface area contributed by atoms with Gasteiger partial charge in [-0.1, -0.05) is 38.1 Å². The van der Waals surface area contributed by atoms with Crippen LogP contribution in [0.5, 0.6) is 11.5 Å². The van der Waals surface area contributed by atoms with Crippen molar-refractivity contribution in [2.24, 2.45) is 0 Å². The van der Waals surface area contributed by atoms with Gasteiger partial charge in [-0.3, -0.25) is 9.59 Å². The van der Waals surface area contributed by atoms with Gasteiger partial charge in [0, 0.05) is 12.6 Å². The highest BCUT2D eigenvalue weighted by molar-refractivity contribution is 5.79. The van der Waals surface area contributed by atoms with Gasteiger partial charge >= 0.3 is 0 Å². The Hall–Kier alpha value is -3.02. The van der Waals surface area contributed by atoms with Gasteiger partial charge in [-0.05, 0) is 55.2 Å². The van der Waals surface area contributed by atoms with Crippen LogP contribution in [0.1, 0.15) is 31.9 Å². The quantitative estimate of drug-likeness (QED) is 0.610. The molecule has 2 aromatic carbocycles. The molecule has 0 aliphatic rings. The second kappa shape index (κ2) is 11.7. The summed E-state index contributed by atoms with van der Waals surface area (Å²) in [4.78, 5) is 23.9. The summed E-state index contributed by atoms with van der Waals surface area (Å²) in [6.45, 7) is 6.16. The Bertz CT molecular complexity index is 772. The van der Waals surface area contributed by atoms with Crippen molar-refractivity contribution >= 4 is 11.8 Å². The highest BCUT2D eigenvalue weighted by atomic mass is 16.5. The largest absolute Gasteiger partial charge is 0.484 e. The molecule has 156 valence electrons. The first-order valence-electron chi connectivity index (χ1n) is 9.99. The van der Waals surface area contributed by atoms with Crippen molar-refractivity contribution in [3.63, 3.8) is 0 Å². The van der Waals surface area contributed by atoms with E-state index in [1.165, 1.54) is 11.1 Å². The zero-order valence-electron chi connectivity index (χ0n) is 17.4. The minimum Gasteiger partial charge on any atom is -0.484 e. The van der Waals surface area contributed by atoms with Crippen molar-refractivity contribution in [1.29, 1.82) is 0 Å². The molecule has 6 heteroatoms. The monoisotopic (exact) mass is 398 g/mol. The molecule has 0 bridgehead atoms. The molecule has 0 saturated carbocycles. The molecule has 6 nitrogen and oxygen atoms in total. The van der Waals surface area contributed by atoms with Crippen LogP contribution in [0.15, 0.2) is 48.5 Å². The Kier molecular flexibility index (Phi) is 9.02. The minimum atomic E-state index is -0.238. The van der Waals surface area contributed by atoms with Gasteiger partial charge in [0.25, 0.3) is 11.8 Å². The zero-order chi connectivity index (χ0) is 21.1.